The van der Waals surface area contributed by atoms with Crippen molar-refractivity contribution >= 4 is 23.8 Å². The number of aromatic nitrogens is 3. The number of amides is 2. The van der Waals surface area contributed by atoms with Crippen LogP contribution in [-0.2, 0) is 32.2 Å². The quantitative estimate of drug-likeness (QED) is 0.132. The summed E-state index contributed by atoms with van der Waals surface area (Å²) in [5.74, 6) is 0.187. The highest BCUT2D eigenvalue weighted by Gasteiger charge is 2.32. The van der Waals surface area contributed by atoms with Crippen molar-refractivity contribution in [3.63, 3.8) is 0 Å². The zero-order chi connectivity index (χ0) is 30.7. The molecule has 5 rings (SSSR count). The normalized spacial score (nSPS) is 18.0. The topological polar surface area (TPSA) is 148 Å². The van der Waals surface area contributed by atoms with Gasteiger partial charge in [0.1, 0.15) is 12.9 Å². The van der Waals surface area contributed by atoms with Gasteiger partial charge in [0.2, 0.25) is 0 Å². The summed E-state index contributed by atoms with van der Waals surface area (Å²) >= 11 is 1.55. The Hall–Kier alpha value is -4.23. The predicted octanol–water partition coefficient (Wildman–Crippen LogP) is 4.66. The summed E-state index contributed by atoms with van der Waals surface area (Å²) in [5.41, 5.74) is 5.62. The summed E-state index contributed by atoms with van der Waals surface area (Å²) in [6.45, 7) is 2.05. The smallest absolute Gasteiger partial charge is 0.325 e. The Morgan fingerprint density at radius 3 is 2.52 bits per heavy atom. The number of hydrogen-bond donors (Lipinski definition) is 4. The second kappa shape index (κ2) is 15.5. The summed E-state index contributed by atoms with van der Waals surface area (Å²) in [5, 5.41) is 22.3. The number of carbonyl (C=O) groups excluding carboxylic acids is 2. The fraction of sp³-hybridized carbons (Fsp3) is 0.312. The van der Waals surface area contributed by atoms with E-state index in [-0.39, 0.29) is 38.5 Å². The molecule has 3 aromatic carbocycles. The van der Waals surface area contributed by atoms with E-state index in [1.54, 1.807) is 18.7 Å². The Morgan fingerprint density at radius 2 is 1.80 bits per heavy atom. The van der Waals surface area contributed by atoms with Gasteiger partial charge in [-0.1, -0.05) is 84.6 Å². The lowest BCUT2D eigenvalue weighted by atomic mass is 9.98. The van der Waals surface area contributed by atoms with E-state index >= 15 is 0 Å². The Morgan fingerprint density at radius 1 is 1.02 bits per heavy atom. The zero-order valence-electron chi connectivity index (χ0n) is 24.3. The van der Waals surface area contributed by atoms with Crippen LogP contribution in [0.25, 0.3) is 11.1 Å². The molecule has 4 N–H and O–H groups in total. The molecule has 230 valence electrons. The van der Waals surface area contributed by atoms with Gasteiger partial charge in [0.25, 0.3) is 0 Å². The predicted molar refractivity (Wildman–Crippen MR) is 164 cm³/mol. The number of benzene rings is 3. The molecule has 12 heteroatoms. The van der Waals surface area contributed by atoms with Gasteiger partial charge in [-0.15, -0.1) is 0 Å². The minimum atomic E-state index is -0.583. The Balaban J connectivity index is 1.28. The molecule has 11 nitrogen and oxygen atoms in total. The van der Waals surface area contributed by atoms with Gasteiger partial charge in [-0.2, -0.15) is 5.10 Å². The summed E-state index contributed by atoms with van der Waals surface area (Å²) in [4.78, 5) is 27.9. The number of esters is 1. The minimum Gasteiger partial charge on any atom is -0.465 e. The standard InChI is InChI=1S/C32H35N5O6S/c1-2-41-29(39)17-34-31(40)33-16-25-5-3-4-6-27(25)22-11-13-24(14-12-22)30-42-26(19-44-32-35-20-36-37-32)15-28(43-30)23-9-7-21(18-38)8-10-23/h3-14,20,26,28,30,38H,2,15-19H2,1H3,(H2,33,34,40)(H,35,36,37)/t26-,28+,30+/m1/s1. The third-order valence-corrected chi connectivity index (χ3v) is 8.07. The number of carbonyl (C=O) groups is 2. The molecule has 3 atom stereocenters. The first-order valence-electron chi connectivity index (χ1n) is 14.4. The van der Waals surface area contributed by atoms with Crippen LogP contribution in [-0.4, -0.2) is 57.3 Å². The number of rotatable bonds is 12. The van der Waals surface area contributed by atoms with Crippen LogP contribution in [0, 0.1) is 0 Å². The van der Waals surface area contributed by atoms with Gasteiger partial charge in [-0.05, 0) is 34.7 Å². The van der Waals surface area contributed by atoms with Gasteiger partial charge in [0.15, 0.2) is 11.4 Å². The van der Waals surface area contributed by atoms with Crippen LogP contribution in [0.5, 0.6) is 0 Å². The number of nitrogens with one attached hydrogen (secondary N) is 3. The Bertz CT molecular complexity index is 1500. The molecule has 4 aromatic rings. The number of aromatic amines is 1. The third-order valence-electron chi connectivity index (χ3n) is 7.06. The SMILES string of the molecule is CCOC(=O)CNC(=O)NCc1ccccc1-c1ccc([C@H]2O[C@@H](CSc3ncn[nH]3)C[C@@H](c3ccc(CO)cc3)O2)cc1. The fourth-order valence-corrected chi connectivity index (χ4v) is 5.63. The largest absolute Gasteiger partial charge is 0.465 e. The van der Waals surface area contributed by atoms with Crippen molar-refractivity contribution in [1.29, 1.82) is 0 Å². The molecule has 2 amide bonds. The molecule has 1 fully saturated rings. The van der Waals surface area contributed by atoms with Gasteiger partial charge < -0.3 is 30.0 Å². The van der Waals surface area contributed by atoms with Crippen LogP contribution >= 0.6 is 11.8 Å². The molecule has 1 aromatic heterocycles. The Kier molecular flexibility index (Phi) is 11.0. The number of ether oxygens (including phenoxy) is 3. The third kappa shape index (κ3) is 8.44. The average Bonchev–Trinajstić information content (AvgIpc) is 3.60. The van der Waals surface area contributed by atoms with E-state index < -0.39 is 18.3 Å². The lowest BCUT2D eigenvalue weighted by Gasteiger charge is -2.36. The van der Waals surface area contributed by atoms with Gasteiger partial charge in [0, 0.05) is 24.3 Å². The zero-order valence-corrected chi connectivity index (χ0v) is 25.1. The molecular weight excluding hydrogens is 582 g/mol. The summed E-state index contributed by atoms with van der Waals surface area (Å²) in [6, 6.07) is 23.2. The molecule has 0 saturated carbocycles. The highest BCUT2D eigenvalue weighted by molar-refractivity contribution is 7.99. The number of nitrogens with zero attached hydrogens (tertiary/aromatic N) is 2. The van der Waals surface area contributed by atoms with Crippen molar-refractivity contribution < 1.29 is 28.9 Å². The van der Waals surface area contributed by atoms with Gasteiger partial charge >= 0.3 is 12.0 Å². The molecule has 0 aliphatic carbocycles. The number of aliphatic hydroxyl groups excluding tert-OH is 1. The molecule has 2 heterocycles. The lowest BCUT2D eigenvalue weighted by Crippen LogP contribution is -2.38. The maximum absolute atomic E-state index is 12.2. The van der Waals surface area contributed by atoms with Crippen molar-refractivity contribution in [2.75, 3.05) is 18.9 Å². The molecule has 1 saturated heterocycles. The molecule has 0 unspecified atom stereocenters. The lowest BCUT2D eigenvalue weighted by molar-refractivity contribution is -0.245. The summed E-state index contributed by atoms with van der Waals surface area (Å²) < 4.78 is 17.7. The van der Waals surface area contributed by atoms with Gasteiger partial charge in [-0.25, -0.2) is 9.78 Å². The molecule has 44 heavy (non-hydrogen) atoms. The molecule has 0 spiro atoms. The van der Waals surface area contributed by atoms with Crippen molar-refractivity contribution in [2.45, 2.75) is 50.2 Å². The maximum atomic E-state index is 12.2. The molecular formula is C32H35N5O6S. The van der Waals surface area contributed by atoms with E-state index in [0.29, 0.717) is 12.2 Å². The van der Waals surface area contributed by atoms with Crippen LogP contribution in [0.4, 0.5) is 4.79 Å². The van der Waals surface area contributed by atoms with Crippen LogP contribution in [0.1, 0.15) is 48.0 Å². The number of aliphatic hydroxyl groups is 1. The van der Waals surface area contributed by atoms with E-state index in [4.69, 9.17) is 14.2 Å². The number of H-pyrrole nitrogens is 1. The second-order valence-corrected chi connectivity index (χ2v) is 11.1. The van der Waals surface area contributed by atoms with E-state index in [1.807, 2.05) is 72.8 Å². The van der Waals surface area contributed by atoms with Crippen LogP contribution in [0.3, 0.4) is 0 Å². The highest BCUT2D eigenvalue weighted by atomic mass is 32.2. The van der Waals surface area contributed by atoms with Crippen molar-refractivity contribution in [3.05, 3.63) is 101 Å². The average molecular weight is 618 g/mol. The van der Waals surface area contributed by atoms with E-state index in [0.717, 1.165) is 38.5 Å². The van der Waals surface area contributed by atoms with Crippen molar-refractivity contribution in [2.24, 2.45) is 0 Å². The Labute approximate surface area is 259 Å². The van der Waals surface area contributed by atoms with Crippen molar-refractivity contribution in [3.8, 4) is 11.1 Å². The second-order valence-electron chi connectivity index (χ2n) is 10.1. The van der Waals surface area contributed by atoms with Crippen LogP contribution in [0.15, 0.2) is 84.3 Å². The van der Waals surface area contributed by atoms with Gasteiger partial charge in [0.05, 0.1) is 25.4 Å². The summed E-state index contributed by atoms with van der Waals surface area (Å²) in [6.07, 6.45) is 1.27. The van der Waals surface area contributed by atoms with Crippen molar-refractivity contribution in [1.82, 2.24) is 25.8 Å². The van der Waals surface area contributed by atoms with Crippen LogP contribution in [0.2, 0.25) is 0 Å². The molecule has 0 bridgehead atoms. The monoisotopic (exact) mass is 617 g/mol. The maximum Gasteiger partial charge on any atom is 0.325 e. The molecule has 1 aliphatic heterocycles. The van der Waals surface area contributed by atoms with E-state index in [2.05, 4.69) is 25.8 Å². The first-order valence-corrected chi connectivity index (χ1v) is 15.3. The number of urea groups is 1. The van der Waals surface area contributed by atoms with Crippen LogP contribution < -0.4 is 10.6 Å². The van der Waals surface area contributed by atoms with Gasteiger partial charge in [-0.3, -0.25) is 9.89 Å². The van der Waals surface area contributed by atoms with E-state index in [1.165, 1.54) is 6.33 Å². The number of hydrogen-bond acceptors (Lipinski definition) is 9. The summed E-state index contributed by atoms with van der Waals surface area (Å²) in [7, 11) is 0. The molecule has 1 aliphatic rings. The number of thioether (sulfide) groups is 1. The minimum absolute atomic E-state index is 0.0117. The first-order chi connectivity index (χ1) is 21.5. The molecule has 0 radical (unpaired) electrons. The van der Waals surface area contributed by atoms with E-state index in [9.17, 15) is 14.7 Å². The fourth-order valence-electron chi connectivity index (χ4n) is 4.84. The first kappa shape index (κ1) is 31.2. The highest BCUT2D eigenvalue weighted by Crippen LogP contribution is 2.39.